The van der Waals surface area contributed by atoms with Crippen LogP contribution in [0.25, 0.3) is 11.4 Å². The van der Waals surface area contributed by atoms with Gasteiger partial charge in [-0.25, -0.2) is 0 Å². The predicted octanol–water partition coefficient (Wildman–Crippen LogP) is 4.19. The van der Waals surface area contributed by atoms with E-state index in [1.807, 2.05) is 54.0 Å². The van der Waals surface area contributed by atoms with Crippen LogP contribution in [0.4, 0.5) is 5.69 Å². The maximum Gasteiger partial charge on any atom is 0.234 e. The van der Waals surface area contributed by atoms with Gasteiger partial charge in [0.1, 0.15) is 0 Å². The summed E-state index contributed by atoms with van der Waals surface area (Å²) in [7, 11) is 1.67. The maximum atomic E-state index is 12.4. The first-order valence-electron chi connectivity index (χ1n) is 9.61. The van der Waals surface area contributed by atoms with Crippen molar-refractivity contribution in [3.05, 3.63) is 59.7 Å². The van der Waals surface area contributed by atoms with Crippen LogP contribution in [-0.2, 0) is 22.5 Å². The average molecular weight is 411 g/mol. The summed E-state index contributed by atoms with van der Waals surface area (Å²) in [5, 5.41) is 12.3. The van der Waals surface area contributed by atoms with E-state index >= 15 is 0 Å². The molecule has 6 nitrogen and oxygen atoms in total. The van der Waals surface area contributed by atoms with Gasteiger partial charge in [-0.2, -0.15) is 0 Å². The van der Waals surface area contributed by atoms with E-state index in [1.54, 1.807) is 7.11 Å². The van der Waals surface area contributed by atoms with Gasteiger partial charge in [-0.3, -0.25) is 9.36 Å². The number of hydrogen-bond acceptors (Lipinski definition) is 5. The number of methoxy groups -OCH3 is 1. The van der Waals surface area contributed by atoms with Crippen molar-refractivity contribution in [1.29, 1.82) is 0 Å². The summed E-state index contributed by atoms with van der Waals surface area (Å²) in [5.41, 5.74) is 4.20. The van der Waals surface area contributed by atoms with Crippen LogP contribution in [0.15, 0.2) is 53.7 Å². The molecule has 1 amide bonds. The molecule has 0 spiro atoms. The van der Waals surface area contributed by atoms with Crippen LogP contribution in [0.3, 0.4) is 0 Å². The number of rotatable bonds is 9. The number of ether oxygens (including phenoxy) is 1. The zero-order valence-corrected chi connectivity index (χ0v) is 17.8. The van der Waals surface area contributed by atoms with Gasteiger partial charge in [-0.05, 0) is 37.1 Å². The number of carbonyl (C=O) groups is 1. The van der Waals surface area contributed by atoms with Gasteiger partial charge in [0, 0.05) is 18.4 Å². The third-order valence-corrected chi connectivity index (χ3v) is 5.46. The lowest BCUT2D eigenvalue weighted by Crippen LogP contribution is -2.15. The molecule has 1 heterocycles. The maximum absolute atomic E-state index is 12.4. The van der Waals surface area contributed by atoms with Gasteiger partial charge in [0.25, 0.3) is 0 Å². The molecule has 29 heavy (non-hydrogen) atoms. The molecular formula is C22H26N4O2S. The summed E-state index contributed by atoms with van der Waals surface area (Å²) in [6, 6.07) is 16.1. The molecule has 2 aromatic carbocycles. The van der Waals surface area contributed by atoms with Gasteiger partial charge in [0.05, 0.1) is 18.9 Å². The Hall–Kier alpha value is -2.64. The van der Waals surface area contributed by atoms with E-state index in [0.717, 1.165) is 29.1 Å². The molecule has 0 saturated heterocycles. The average Bonchev–Trinajstić information content (AvgIpc) is 3.14. The number of benzene rings is 2. The summed E-state index contributed by atoms with van der Waals surface area (Å²) in [4.78, 5) is 12.4. The van der Waals surface area contributed by atoms with Gasteiger partial charge in [-0.1, -0.05) is 54.6 Å². The van der Waals surface area contributed by atoms with E-state index in [4.69, 9.17) is 4.74 Å². The molecule has 0 aliphatic carbocycles. The van der Waals surface area contributed by atoms with Crippen LogP contribution in [0.2, 0.25) is 0 Å². The normalized spacial score (nSPS) is 10.9. The summed E-state index contributed by atoms with van der Waals surface area (Å²) in [6.07, 6.45) is 0.977. The van der Waals surface area contributed by atoms with E-state index in [9.17, 15) is 4.79 Å². The molecule has 0 aliphatic rings. The Morgan fingerprint density at radius 1 is 1.17 bits per heavy atom. The first-order chi connectivity index (χ1) is 14.1. The van der Waals surface area contributed by atoms with Crippen molar-refractivity contribution < 1.29 is 9.53 Å². The molecular weight excluding hydrogens is 384 g/mol. The molecule has 7 heteroatoms. The Balaban J connectivity index is 1.70. The number of nitrogens with one attached hydrogen (secondary N) is 1. The topological polar surface area (TPSA) is 69.0 Å². The quantitative estimate of drug-likeness (QED) is 0.536. The third kappa shape index (κ3) is 5.68. The summed E-state index contributed by atoms with van der Waals surface area (Å²) < 4.78 is 7.25. The third-order valence-electron chi connectivity index (χ3n) is 4.49. The Morgan fingerprint density at radius 3 is 2.66 bits per heavy atom. The first kappa shape index (κ1) is 21.1. The minimum absolute atomic E-state index is 0.0716. The van der Waals surface area contributed by atoms with E-state index in [2.05, 4.69) is 28.5 Å². The lowest BCUT2D eigenvalue weighted by Gasteiger charge is -2.10. The number of aromatic nitrogens is 3. The standard InChI is InChI=1S/C22H26N4O2S/c1-4-17-8-10-19(11-9-17)23-20(27)15-29-22-25-24-21(26(22)12-13-28-3)18-7-5-6-16(2)14-18/h5-11,14H,4,12-13,15H2,1-3H3,(H,23,27). The van der Waals surface area contributed by atoms with E-state index in [-0.39, 0.29) is 11.7 Å². The highest BCUT2D eigenvalue weighted by Gasteiger charge is 2.16. The van der Waals surface area contributed by atoms with Crippen LogP contribution >= 0.6 is 11.8 Å². The second kappa shape index (κ2) is 10.2. The Labute approximate surface area is 175 Å². The van der Waals surface area contributed by atoms with Crippen molar-refractivity contribution in [3.63, 3.8) is 0 Å². The van der Waals surface area contributed by atoms with E-state index < -0.39 is 0 Å². The lowest BCUT2D eigenvalue weighted by molar-refractivity contribution is -0.113. The molecule has 0 aliphatic heterocycles. The SMILES string of the molecule is CCc1ccc(NC(=O)CSc2nnc(-c3cccc(C)c3)n2CCOC)cc1. The minimum atomic E-state index is -0.0716. The number of hydrogen-bond donors (Lipinski definition) is 1. The molecule has 0 fully saturated rings. The first-order valence-corrected chi connectivity index (χ1v) is 10.6. The molecule has 1 aromatic heterocycles. The summed E-state index contributed by atoms with van der Waals surface area (Å²) >= 11 is 1.37. The van der Waals surface area contributed by atoms with Crippen molar-refractivity contribution in [2.24, 2.45) is 0 Å². The number of nitrogens with zero attached hydrogens (tertiary/aromatic N) is 3. The lowest BCUT2D eigenvalue weighted by atomic mass is 10.1. The molecule has 0 saturated carbocycles. The molecule has 1 N–H and O–H groups in total. The van der Waals surface area contributed by atoms with Crippen LogP contribution < -0.4 is 5.32 Å². The summed E-state index contributed by atoms with van der Waals surface area (Å²) in [5.74, 6) is 0.968. The largest absolute Gasteiger partial charge is 0.383 e. The van der Waals surface area contributed by atoms with Gasteiger partial charge < -0.3 is 10.1 Å². The second-order valence-corrected chi connectivity index (χ2v) is 7.65. The van der Waals surface area contributed by atoms with Crippen molar-refractivity contribution >= 4 is 23.4 Å². The van der Waals surface area contributed by atoms with Gasteiger partial charge in [0.2, 0.25) is 5.91 Å². The zero-order chi connectivity index (χ0) is 20.6. The minimum Gasteiger partial charge on any atom is -0.383 e. The highest BCUT2D eigenvalue weighted by atomic mass is 32.2. The van der Waals surface area contributed by atoms with Crippen LogP contribution in [0.5, 0.6) is 0 Å². The predicted molar refractivity (Wildman–Crippen MR) is 117 cm³/mol. The van der Waals surface area contributed by atoms with E-state index in [1.165, 1.54) is 17.3 Å². The van der Waals surface area contributed by atoms with Crippen molar-refractivity contribution in [2.45, 2.75) is 32.0 Å². The summed E-state index contributed by atoms with van der Waals surface area (Å²) in [6.45, 7) is 5.32. The smallest absolute Gasteiger partial charge is 0.234 e. The fourth-order valence-corrected chi connectivity index (χ4v) is 3.69. The van der Waals surface area contributed by atoms with Gasteiger partial charge in [-0.15, -0.1) is 10.2 Å². The monoisotopic (exact) mass is 410 g/mol. The molecule has 3 aromatic rings. The number of amides is 1. The second-order valence-electron chi connectivity index (χ2n) is 6.71. The number of carbonyl (C=O) groups excluding carboxylic acids is 1. The van der Waals surface area contributed by atoms with Crippen molar-refractivity contribution in [1.82, 2.24) is 14.8 Å². The Kier molecular flexibility index (Phi) is 7.43. The molecule has 152 valence electrons. The number of aryl methyl sites for hydroxylation is 2. The van der Waals surface area contributed by atoms with E-state index in [0.29, 0.717) is 18.3 Å². The van der Waals surface area contributed by atoms with Crippen molar-refractivity contribution in [2.75, 3.05) is 24.8 Å². The number of thioether (sulfide) groups is 1. The van der Waals surface area contributed by atoms with Crippen LogP contribution in [-0.4, -0.2) is 40.1 Å². The van der Waals surface area contributed by atoms with Crippen molar-refractivity contribution in [3.8, 4) is 11.4 Å². The van der Waals surface area contributed by atoms with Crippen LogP contribution in [0.1, 0.15) is 18.1 Å². The fraction of sp³-hybridized carbons (Fsp3) is 0.318. The highest BCUT2D eigenvalue weighted by molar-refractivity contribution is 7.99. The van der Waals surface area contributed by atoms with Gasteiger partial charge in [0.15, 0.2) is 11.0 Å². The Morgan fingerprint density at radius 2 is 1.97 bits per heavy atom. The molecule has 0 unspecified atom stereocenters. The Bertz CT molecular complexity index is 954. The zero-order valence-electron chi connectivity index (χ0n) is 17.0. The highest BCUT2D eigenvalue weighted by Crippen LogP contribution is 2.25. The molecule has 0 atom stereocenters. The van der Waals surface area contributed by atoms with Gasteiger partial charge >= 0.3 is 0 Å². The molecule has 0 bridgehead atoms. The fourth-order valence-electron chi connectivity index (χ4n) is 2.93. The number of anilines is 1. The molecule has 0 radical (unpaired) electrons. The van der Waals surface area contributed by atoms with Crippen LogP contribution in [0, 0.1) is 6.92 Å². The molecule has 3 rings (SSSR count).